The van der Waals surface area contributed by atoms with Gasteiger partial charge in [0.05, 0.1) is 24.4 Å². The molecule has 0 bridgehead atoms. The Morgan fingerprint density at radius 3 is 2.75 bits per heavy atom. The lowest BCUT2D eigenvalue weighted by molar-refractivity contribution is -0.141. The summed E-state index contributed by atoms with van der Waals surface area (Å²) >= 11 is 0. The molecule has 0 radical (unpaired) electrons. The number of nitrogens with zero attached hydrogens (tertiary/aromatic N) is 1. The van der Waals surface area contributed by atoms with E-state index in [9.17, 15) is 15.0 Å². The van der Waals surface area contributed by atoms with E-state index in [4.69, 9.17) is 10.8 Å². The summed E-state index contributed by atoms with van der Waals surface area (Å²) in [5.41, 5.74) is 6.69. The maximum Gasteiger partial charge on any atom is 0.306 e. The Morgan fingerprint density at radius 2 is 2.19 bits per heavy atom. The number of hydrogen-bond donors (Lipinski definition) is 4. The smallest absolute Gasteiger partial charge is 0.306 e. The average Bonchev–Trinajstić information content (AvgIpc) is 2.19. The van der Waals surface area contributed by atoms with Crippen LogP contribution in [-0.4, -0.2) is 32.4 Å². The fraction of sp³-hybridized carbons (Fsp3) is 0.400. The van der Waals surface area contributed by atoms with Crippen LogP contribution in [0.1, 0.15) is 23.8 Å². The lowest BCUT2D eigenvalue weighted by atomic mass is 10.0. The van der Waals surface area contributed by atoms with Gasteiger partial charge in [0.25, 0.3) is 0 Å². The molecule has 6 heteroatoms. The van der Waals surface area contributed by atoms with Crippen LogP contribution < -0.4 is 5.73 Å². The summed E-state index contributed by atoms with van der Waals surface area (Å²) in [6, 6.07) is 1.47. The Bertz CT molecular complexity index is 394. The van der Waals surface area contributed by atoms with E-state index < -0.39 is 24.6 Å². The Hall–Kier alpha value is -1.66. The minimum Gasteiger partial charge on any atom is -0.481 e. The first-order chi connectivity index (χ1) is 7.41. The summed E-state index contributed by atoms with van der Waals surface area (Å²) < 4.78 is 0. The fourth-order valence-electron chi connectivity index (χ4n) is 1.36. The van der Waals surface area contributed by atoms with E-state index in [-0.39, 0.29) is 0 Å². The number of rotatable bonds is 4. The van der Waals surface area contributed by atoms with Gasteiger partial charge < -0.3 is 21.1 Å². The number of aromatic nitrogens is 1. The van der Waals surface area contributed by atoms with Crippen LogP contribution in [0.25, 0.3) is 0 Å². The van der Waals surface area contributed by atoms with Gasteiger partial charge in [-0.1, -0.05) is 0 Å². The fourth-order valence-corrected chi connectivity index (χ4v) is 1.36. The van der Waals surface area contributed by atoms with Crippen molar-refractivity contribution in [2.24, 2.45) is 0 Å². The number of aliphatic hydroxyl groups is 2. The molecule has 2 atom stereocenters. The number of carboxylic acids is 1. The van der Waals surface area contributed by atoms with Crippen molar-refractivity contribution in [3.05, 3.63) is 23.5 Å². The van der Waals surface area contributed by atoms with Crippen molar-refractivity contribution in [2.75, 3.05) is 5.73 Å². The number of nitrogen functional groups attached to an aromatic ring is 1. The highest BCUT2D eigenvalue weighted by Gasteiger charge is 2.23. The van der Waals surface area contributed by atoms with Crippen molar-refractivity contribution in [3.8, 4) is 0 Å². The molecule has 0 fully saturated rings. The number of aliphatic carboxylic acids is 1. The number of aliphatic hydroxyl groups excluding tert-OH is 2. The van der Waals surface area contributed by atoms with Crippen LogP contribution in [0.4, 0.5) is 5.69 Å². The zero-order valence-electron chi connectivity index (χ0n) is 8.79. The Kier molecular flexibility index (Phi) is 3.81. The Balaban J connectivity index is 2.90. The first-order valence-electron chi connectivity index (χ1n) is 4.71. The molecule has 1 heterocycles. The normalized spacial score (nSPS) is 14.4. The van der Waals surface area contributed by atoms with Crippen LogP contribution in [0.3, 0.4) is 0 Å². The molecule has 2 unspecified atom stereocenters. The molecule has 0 saturated heterocycles. The molecule has 1 rings (SSSR count). The predicted octanol–water partition coefficient (Wildman–Crippen LogP) is -0.159. The van der Waals surface area contributed by atoms with E-state index in [1.165, 1.54) is 12.3 Å². The molecular formula is C10H14N2O4. The van der Waals surface area contributed by atoms with E-state index in [2.05, 4.69) is 4.98 Å². The van der Waals surface area contributed by atoms with E-state index in [1.54, 1.807) is 6.92 Å². The third kappa shape index (κ3) is 2.91. The van der Waals surface area contributed by atoms with Gasteiger partial charge in [0, 0.05) is 11.3 Å². The Labute approximate surface area is 92.4 Å². The van der Waals surface area contributed by atoms with E-state index in [0.29, 0.717) is 16.9 Å². The third-order valence-electron chi connectivity index (χ3n) is 2.21. The molecule has 0 aliphatic rings. The van der Waals surface area contributed by atoms with Gasteiger partial charge in [-0.3, -0.25) is 9.78 Å². The van der Waals surface area contributed by atoms with E-state index >= 15 is 0 Å². The zero-order chi connectivity index (χ0) is 12.3. The number of nitrogens with two attached hydrogens (primary N) is 1. The molecule has 0 spiro atoms. The maximum absolute atomic E-state index is 10.4. The molecule has 0 aliphatic carbocycles. The lowest BCUT2D eigenvalue weighted by Crippen LogP contribution is -2.22. The number of anilines is 1. The molecule has 0 aliphatic heterocycles. The van der Waals surface area contributed by atoms with Crippen LogP contribution in [0.5, 0.6) is 0 Å². The van der Waals surface area contributed by atoms with E-state index in [0.717, 1.165) is 0 Å². The lowest BCUT2D eigenvalue weighted by Gasteiger charge is -2.18. The number of pyridine rings is 1. The summed E-state index contributed by atoms with van der Waals surface area (Å²) in [6.07, 6.45) is -1.78. The molecule has 0 aromatic carbocycles. The minimum absolute atomic E-state index is 0.341. The Morgan fingerprint density at radius 1 is 1.56 bits per heavy atom. The van der Waals surface area contributed by atoms with Crippen molar-refractivity contribution < 1.29 is 20.1 Å². The van der Waals surface area contributed by atoms with Crippen molar-refractivity contribution in [1.82, 2.24) is 4.98 Å². The van der Waals surface area contributed by atoms with Gasteiger partial charge in [-0.05, 0) is 13.0 Å². The molecular weight excluding hydrogens is 212 g/mol. The van der Waals surface area contributed by atoms with Crippen LogP contribution in [0, 0.1) is 6.92 Å². The van der Waals surface area contributed by atoms with Crippen LogP contribution in [0.15, 0.2) is 12.3 Å². The van der Waals surface area contributed by atoms with Crippen molar-refractivity contribution in [3.63, 3.8) is 0 Å². The number of carbonyl (C=O) groups is 1. The predicted molar refractivity (Wildman–Crippen MR) is 56.6 cm³/mol. The van der Waals surface area contributed by atoms with Gasteiger partial charge in [-0.2, -0.15) is 0 Å². The van der Waals surface area contributed by atoms with Gasteiger partial charge in [0.15, 0.2) is 0 Å². The van der Waals surface area contributed by atoms with Gasteiger partial charge in [0.1, 0.15) is 6.10 Å². The van der Waals surface area contributed by atoms with Crippen molar-refractivity contribution in [2.45, 2.75) is 25.6 Å². The molecule has 1 aromatic rings. The van der Waals surface area contributed by atoms with Gasteiger partial charge in [-0.25, -0.2) is 0 Å². The second-order valence-corrected chi connectivity index (χ2v) is 3.55. The van der Waals surface area contributed by atoms with Crippen molar-refractivity contribution in [1.29, 1.82) is 0 Å². The molecule has 0 amide bonds. The summed E-state index contributed by atoms with van der Waals surface area (Å²) in [4.78, 5) is 14.3. The first kappa shape index (κ1) is 12.4. The molecule has 1 aromatic heterocycles. The number of hydrogen-bond acceptors (Lipinski definition) is 5. The summed E-state index contributed by atoms with van der Waals surface area (Å²) in [6.45, 7) is 1.64. The second-order valence-electron chi connectivity index (χ2n) is 3.55. The zero-order valence-corrected chi connectivity index (χ0v) is 8.79. The SMILES string of the molecule is Cc1ncc(N)cc1C(O)C(O)CC(=O)O. The van der Waals surface area contributed by atoms with Gasteiger partial charge in [0.2, 0.25) is 0 Å². The van der Waals surface area contributed by atoms with E-state index in [1.807, 2.05) is 0 Å². The largest absolute Gasteiger partial charge is 0.481 e. The minimum atomic E-state index is -1.38. The van der Waals surface area contributed by atoms with Crippen LogP contribution in [0.2, 0.25) is 0 Å². The average molecular weight is 226 g/mol. The monoisotopic (exact) mass is 226 g/mol. The van der Waals surface area contributed by atoms with Crippen LogP contribution >= 0.6 is 0 Å². The van der Waals surface area contributed by atoms with Crippen molar-refractivity contribution >= 4 is 11.7 Å². The quantitative estimate of drug-likeness (QED) is 0.567. The number of aryl methyl sites for hydroxylation is 1. The maximum atomic E-state index is 10.4. The molecule has 16 heavy (non-hydrogen) atoms. The summed E-state index contributed by atoms with van der Waals surface area (Å²) in [7, 11) is 0. The van der Waals surface area contributed by atoms with Crippen LogP contribution in [-0.2, 0) is 4.79 Å². The van der Waals surface area contributed by atoms with Gasteiger partial charge in [-0.15, -0.1) is 0 Å². The standard InChI is InChI=1S/C10H14N2O4/c1-5-7(2-6(11)4-12-5)10(16)8(13)3-9(14)15/h2,4,8,10,13,16H,3,11H2,1H3,(H,14,15). The highest BCUT2D eigenvalue weighted by molar-refractivity contribution is 5.67. The number of carboxylic acid groups (broad SMARTS) is 1. The molecule has 88 valence electrons. The third-order valence-corrected chi connectivity index (χ3v) is 2.21. The highest BCUT2D eigenvalue weighted by Crippen LogP contribution is 2.22. The summed E-state index contributed by atoms with van der Waals surface area (Å²) in [5.74, 6) is -1.18. The summed E-state index contributed by atoms with van der Waals surface area (Å²) in [5, 5.41) is 27.7. The highest BCUT2D eigenvalue weighted by atomic mass is 16.4. The molecule has 0 saturated carbocycles. The molecule has 5 N–H and O–H groups in total. The molecule has 6 nitrogen and oxygen atoms in total. The topological polar surface area (TPSA) is 117 Å². The first-order valence-corrected chi connectivity index (χ1v) is 4.71. The second kappa shape index (κ2) is 4.91. The van der Waals surface area contributed by atoms with Gasteiger partial charge >= 0.3 is 5.97 Å².